The van der Waals surface area contributed by atoms with Gasteiger partial charge in [0.05, 0.1) is 6.07 Å². The topological polar surface area (TPSA) is 23.8 Å². The molecule has 0 fully saturated rings. The summed E-state index contributed by atoms with van der Waals surface area (Å²) < 4.78 is 0. The highest BCUT2D eigenvalue weighted by atomic mass is 14.2. The van der Waals surface area contributed by atoms with Crippen molar-refractivity contribution in [3.05, 3.63) is 23.8 Å². The Morgan fingerprint density at radius 1 is 1.20 bits per heavy atom. The number of nitriles is 1. The summed E-state index contributed by atoms with van der Waals surface area (Å²) in [7, 11) is 0. The third kappa shape index (κ3) is 2.06. The molecule has 0 unspecified atom stereocenters. The molecule has 0 saturated carbocycles. The van der Waals surface area contributed by atoms with Crippen molar-refractivity contribution in [2.24, 2.45) is 0 Å². The molecule has 0 atom stereocenters. The first-order valence-electron chi connectivity index (χ1n) is 3.67. The van der Waals surface area contributed by atoms with Crippen LogP contribution in [0, 0.1) is 11.3 Å². The largest absolute Gasteiger partial charge is 0.193 e. The van der Waals surface area contributed by atoms with E-state index in [-0.39, 0.29) is 0 Å². The third-order valence-electron chi connectivity index (χ3n) is 1.61. The Bertz CT molecular complexity index is 193. The van der Waals surface area contributed by atoms with Gasteiger partial charge in [-0.25, -0.2) is 0 Å². The smallest absolute Gasteiger partial charge is 0.0943 e. The van der Waals surface area contributed by atoms with Crippen LogP contribution in [0.2, 0.25) is 0 Å². The summed E-state index contributed by atoms with van der Waals surface area (Å²) in [4.78, 5) is 0. The van der Waals surface area contributed by atoms with E-state index in [0.29, 0.717) is 0 Å². The summed E-state index contributed by atoms with van der Waals surface area (Å²) in [6.45, 7) is 0. The average Bonchev–Trinajstić information content (AvgIpc) is 1.87. The molecule has 0 amide bonds. The summed E-state index contributed by atoms with van der Waals surface area (Å²) in [6.07, 6.45) is 10.5. The molecule has 0 aromatic heterocycles. The molecule has 0 radical (unpaired) electrons. The SMILES string of the molecule is N#CC1=CCCC=CCC1. The highest BCUT2D eigenvalue weighted by Gasteiger charge is 1.94. The Morgan fingerprint density at radius 3 is 2.80 bits per heavy atom. The second kappa shape index (κ2) is 3.90. The summed E-state index contributed by atoms with van der Waals surface area (Å²) in [5.74, 6) is 0. The van der Waals surface area contributed by atoms with Gasteiger partial charge in [0.2, 0.25) is 0 Å². The van der Waals surface area contributed by atoms with E-state index in [2.05, 4.69) is 18.2 Å². The zero-order valence-electron chi connectivity index (χ0n) is 6.01. The van der Waals surface area contributed by atoms with Gasteiger partial charge in [-0.3, -0.25) is 0 Å². The van der Waals surface area contributed by atoms with Gasteiger partial charge < -0.3 is 0 Å². The van der Waals surface area contributed by atoms with Crippen LogP contribution in [0.1, 0.15) is 25.7 Å². The molecule has 1 heteroatoms. The fourth-order valence-corrected chi connectivity index (χ4v) is 1.03. The fraction of sp³-hybridized carbons (Fsp3) is 0.444. The van der Waals surface area contributed by atoms with Gasteiger partial charge in [0.15, 0.2) is 0 Å². The molecule has 0 N–H and O–H groups in total. The molecule has 0 aromatic carbocycles. The predicted octanol–water partition coefficient (Wildman–Crippen LogP) is 2.57. The molecule has 1 aliphatic rings. The molecule has 0 aliphatic heterocycles. The van der Waals surface area contributed by atoms with Crippen LogP contribution in [0.5, 0.6) is 0 Å². The standard InChI is InChI=1S/C9H11N/c10-8-9-6-4-2-1-3-5-7-9/h1-2,7H,3-6H2. The molecule has 0 bridgehead atoms. The Balaban J connectivity index is 2.52. The van der Waals surface area contributed by atoms with E-state index >= 15 is 0 Å². The molecule has 1 aliphatic carbocycles. The molecule has 1 rings (SSSR count). The van der Waals surface area contributed by atoms with Crippen LogP contribution in [0.15, 0.2) is 23.8 Å². The van der Waals surface area contributed by atoms with Crippen LogP contribution in [-0.2, 0) is 0 Å². The number of hydrogen-bond donors (Lipinski definition) is 0. The normalized spacial score (nSPS) is 18.5. The van der Waals surface area contributed by atoms with Gasteiger partial charge in [0, 0.05) is 5.57 Å². The third-order valence-corrected chi connectivity index (χ3v) is 1.61. The van der Waals surface area contributed by atoms with Crippen LogP contribution in [0.3, 0.4) is 0 Å². The second-order valence-electron chi connectivity index (χ2n) is 2.43. The van der Waals surface area contributed by atoms with Crippen molar-refractivity contribution in [2.75, 3.05) is 0 Å². The first kappa shape index (κ1) is 7.08. The van der Waals surface area contributed by atoms with Crippen LogP contribution in [-0.4, -0.2) is 0 Å². The lowest BCUT2D eigenvalue weighted by molar-refractivity contribution is 0.934. The minimum Gasteiger partial charge on any atom is -0.193 e. The van der Waals surface area contributed by atoms with E-state index in [0.717, 1.165) is 31.3 Å². The molecule has 0 spiro atoms. The van der Waals surface area contributed by atoms with Gasteiger partial charge in [-0.1, -0.05) is 18.2 Å². The van der Waals surface area contributed by atoms with Gasteiger partial charge in [-0.05, 0) is 25.7 Å². The number of nitrogens with zero attached hydrogens (tertiary/aromatic N) is 1. The zero-order valence-corrected chi connectivity index (χ0v) is 6.01. The molecular weight excluding hydrogens is 122 g/mol. The minimum absolute atomic E-state index is 0.924. The molecule has 0 saturated heterocycles. The van der Waals surface area contributed by atoms with Gasteiger partial charge in [-0.15, -0.1) is 0 Å². The highest BCUT2D eigenvalue weighted by molar-refractivity contribution is 5.21. The monoisotopic (exact) mass is 133 g/mol. The summed E-state index contributed by atoms with van der Waals surface area (Å²) in [5.41, 5.74) is 0.948. The van der Waals surface area contributed by atoms with Crippen molar-refractivity contribution >= 4 is 0 Å². The van der Waals surface area contributed by atoms with Crippen molar-refractivity contribution in [3.63, 3.8) is 0 Å². The maximum absolute atomic E-state index is 8.57. The quantitative estimate of drug-likeness (QED) is 0.466. The van der Waals surface area contributed by atoms with Crippen LogP contribution >= 0.6 is 0 Å². The molecule has 0 heterocycles. The van der Waals surface area contributed by atoms with E-state index in [4.69, 9.17) is 5.26 Å². The van der Waals surface area contributed by atoms with E-state index in [1.165, 1.54) is 0 Å². The van der Waals surface area contributed by atoms with Crippen LogP contribution in [0.25, 0.3) is 0 Å². The van der Waals surface area contributed by atoms with Gasteiger partial charge in [0.25, 0.3) is 0 Å². The van der Waals surface area contributed by atoms with Crippen molar-refractivity contribution < 1.29 is 0 Å². The number of hydrogen-bond acceptors (Lipinski definition) is 1. The lowest BCUT2D eigenvalue weighted by atomic mass is 10.1. The van der Waals surface area contributed by atoms with Crippen molar-refractivity contribution in [2.45, 2.75) is 25.7 Å². The van der Waals surface area contributed by atoms with Gasteiger partial charge >= 0.3 is 0 Å². The van der Waals surface area contributed by atoms with E-state index in [9.17, 15) is 0 Å². The lowest BCUT2D eigenvalue weighted by Gasteiger charge is -1.98. The van der Waals surface area contributed by atoms with Crippen molar-refractivity contribution in [3.8, 4) is 6.07 Å². The average molecular weight is 133 g/mol. The summed E-state index contributed by atoms with van der Waals surface area (Å²) >= 11 is 0. The second-order valence-corrected chi connectivity index (χ2v) is 2.43. The van der Waals surface area contributed by atoms with Crippen LogP contribution < -0.4 is 0 Å². The Hall–Kier alpha value is -1.03. The Labute approximate surface area is 61.7 Å². The summed E-state index contributed by atoms with van der Waals surface area (Å²) in [6, 6.07) is 2.20. The van der Waals surface area contributed by atoms with Gasteiger partial charge in [0.1, 0.15) is 0 Å². The first-order chi connectivity index (χ1) is 4.93. The molecule has 52 valence electrons. The molecule has 0 aromatic rings. The van der Waals surface area contributed by atoms with Crippen molar-refractivity contribution in [1.82, 2.24) is 0 Å². The Kier molecular flexibility index (Phi) is 2.76. The van der Waals surface area contributed by atoms with Gasteiger partial charge in [-0.2, -0.15) is 5.26 Å². The predicted molar refractivity (Wildman–Crippen MR) is 41.3 cm³/mol. The number of rotatable bonds is 0. The van der Waals surface area contributed by atoms with E-state index in [1.807, 2.05) is 6.08 Å². The first-order valence-corrected chi connectivity index (χ1v) is 3.67. The maximum Gasteiger partial charge on any atom is 0.0943 e. The van der Waals surface area contributed by atoms with Crippen LogP contribution in [0.4, 0.5) is 0 Å². The van der Waals surface area contributed by atoms with Crippen molar-refractivity contribution in [1.29, 1.82) is 5.26 Å². The molecule has 1 nitrogen and oxygen atoms in total. The molecular formula is C9H11N. The highest BCUT2D eigenvalue weighted by Crippen LogP contribution is 2.10. The minimum atomic E-state index is 0.924. The Morgan fingerprint density at radius 2 is 2.00 bits per heavy atom. The zero-order chi connectivity index (χ0) is 7.23. The molecule has 10 heavy (non-hydrogen) atoms. The number of allylic oxidation sites excluding steroid dienone is 4. The van der Waals surface area contributed by atoms with E-state index < -0.39 is 0 Å². The lowest BCUT2D eigenvalue weighted by Crippen LogP contribution is -1.82. The van der Waals surface area contributed by atoms with E-state index in [1.54, 1.807) is 0 Å². The maximum atomic E-state index is 8.57. The fourth-order valence-electron chi connectivity index (χ4n) is 1.03. The summed E-state index contributed by atoms with van der Waals surface area (Å²) in [5, 5.41) is 8.57.